The summed E-state index contributed by atoms with van der Waals surface area (Å²) in [5.41, 5.74) is 3.34. The predicted octanol–water partition coefficient (Wildman–Crippen LogP) is 4.64. The van der Waals surface area contributed by atoms with E-state index in [0.29, 0.717) is 10.9 Å². The summed E-state index contributed by atoms with van der Waals surface area (Å²) in [6.45, 7) is 0. The number of hydrogen-bond donors (Lipinski definition) is 1. The van der Waals surface area contributed by atoms with Crippen molar-refractivity contribution in [1.82, 2.24) is 4.98 Å². The number of fused-ring (bicyclic) bond motifs is 1. The third-order valence-corrected chi connectivity index (χ3v) is 5.35. The molecule has 1 aliphatic heterocycles. The van der Waals surface area contributed by atoms with Gasteiger partial charge >= 0.3 is 0 Å². The fourth-order valence-electron chi connectivity index (χ4n) is 3.48. The Morgan fingerprint density at radius 1 is 1.32 bits per heavy atom. The normalized spacial score (nSPS) is 26.5. The molecule has 4 rings (SSSR count). The molecular formula is C19H14BrF4N3O. The summed E-state index contributed by atoms with van der Waals surface area (Å²) in [6, 6.07) is 6.17. The Bertz CT molecular complexity index is 980. The van der Waals surface area contributed by atoms with E-state index in [1.165, 1.54) is 24.4 Å². The molecule has 0 radical (unpaired) electrons. The predicted molar refractivity (Wildman–Crippen MR) is 99.6 cm³/mol. The van der Waals surface area contributed by atoms with Gasteiger partial charge in [-0.2, -0.15) is 0 Å². The van der Waals surface area contributed by atoms with E-state index in [-0.39, 0.29) is 16.8 Å². The molecule has 0 saturated heterocycles. The topological polar surface area (TPSA) is 60.5 Å². The third-order valence-electron chi connectivity index (χ3n) is 4.88. The molecule has 0 bridgehead atoms. The molecule has 0 amide bonds. The van der Waals surface area contributed by atoms with Crippen molar-refractivity contribution in [3.8, 4) is 0 Å². The highest BCUT2D eigenvalue weighted by Gasteiger charge is 2.64. The maximum atomic E-state index is 14.6. The van der Waals surface area contributed by atoms with E-state index in [2.05, 4.69) is 25.9 Å². The van der Waals surface area contributed by atoms with Crippen molar-refractivity contribution >= 4 is 33.9 Å². The number of aromatic nitrogens is 1. The first-order valence-corrected chi connectivity index (χ1v) is 9.20. The summed E-state index contributed by atoms with van der Waals surface area (Å²) >= 11 is 3.21. The van der Waals surface area contributed by atoms with Crippen LogP contribution in [0.25, 0.3) is 11.9 Å². The van der Waals surface area contributed by atoms with Crippen molar-refractivity contribution in [3.63, 3.8) is 0 Å². The van der Waals surface area contributed by atoms with E-state index in [4.69, 9.17) is 10.5 Å². The van der Waals surface area contributed by atoms with Crippen LogP contribution in [0.15, 0.2) is 46.0 Å². The SMILES string of the molecule is NC1=N[C@@](c2cc(/C=C(\F)c3ccc(Br)cn3)ccc2F)(C(F)F)[C@H]2C[C@H]2O1. The van der Waals surface area contributed by atoms with E-state index in [1.807, 2.05) is 0 Å². The maximum absolute atomic E-state index is 14.6. The standard InChI is InChI=1S/C19H14BrF4N3O/c20-10-2-4-15(26-8-10)14(22)6-9-1-3-13(21)11(5-9)19(17(23)24)12-7-16(12)28-18(25)27-19/h1-6,8,12,16-17H,7H2,(H2,25,27)/b14-6-/t12-,16+,19+/m0/s1. The van der Waals surface area contributed by atoms with Crippen LogP contribution in [-0.2, 0) is 10.3 Å². The second kappa shape index (κ2) is 6.88. The monoisotopic (exact) mass is 455 g/mol. The van der Waals surface area contributed by atoms with Crippen LogP contribution in [-0.4, -0.2) is 23.5 Å². The molecular weight excluding hydrogens is 442 g/mol. The smallest absolute Gasteiger partial charge is 0.283 e. The molecule has 3 atom stereocenters. The molecule has 0 unspecified atom stereocenters. The number of rotatable bonds is 4. The van der Waals surface area contributed by atoms with Gasteiger partial charge in [0.05, 0.1) is 5.69 Å². The highest BCUT2D eigenvalue weighted by Crippen LogP contribution is 2.56. The fraction of sp³-hybridized carbons (Fsp3) is 0.263. The van der Waals surface area contributed by atoms with E-state index in [9.17, 15) is 17.6 Å². The Morgan fingerprint density at radius 2 is 2.11 bits per heavy atom. The highest BCUT2D eigenvalue weighted by molar-refractivity contribution is 9.10. The molecule has 2 aliphatic rings. The minimum Gasteiger partial charge on any atom is -0.462 e. The lowest BCUT2D eigenvalue weighted by Crippen LogP contribution is -2.43. The van der Waals surface area contributed by atoms with Crippen LogP contribution < -0.4 is 5.73 Å². The lowest BCUT2D eigenvalue weighted by Gasteiger charge is -2.33. The van der Waals surface area contributed by atoms with Crippen LogP contribution in [0.4, 0.5) is 17.6 Å². The van der Waals surface area contributed by atoms with Gasteiger partial charge in [0.2, 0.25) is 0 Å². The fourth-order valence-corrected chi connectivity index (χ4v) is 3.71. The van der Waals surface area contributed by atoms with Crippen molar-refractivity contribution in [2.75, 3.05) is 0 Å². The molecule has 1 aromatic carbocycles. The number of nitrogens with zero attached hydrogens (tertiary/aromatic N) is 2. The first-order valence-electron chi connectivity index (χ1n) is 8.40. The van der Waals surface area contributed by atoms with Crippen LogP contribution in [0.3, 0.4) is 0 Å². The van der Waals surface area contributed by atoms with Crippen LogP contribution in [0.1, 0.15) is 23.2 Å². The summed E-state index contributed by atoms with van der Waals surface area (Å²) in [5.74, 6) is -2.23. The zero-order valence-electron chi connectivity index (χ0n) is 14.3. The number of ether oxygens (including phenoxy) is 1. The van der Waals surface area contributed by atoms with Crippen LogP contribution in [0, 0.1) is 11.7 Å². The molecule has 9 heteroatoms. The van der Waals surface area contributed by atoms with Gasteiger partial charge in [-0.3, -0.25) is 4.98 Å². The molecule has 1 saturated carbocycles. The Kier molecular flexibility index (Phi) is 4.65. The van der Waals surface area contributed by atoms with E-state index in [1.54, 1.807) is 6.07 Å². The molecule has 0 spiro atoms. The van der Waals surface area contributed by atoms with Crippen LogP contribution in [0.2, 0.25) is 0 Å². The number of nitrogens with two attached hydrogens (primary N) is 1. The van der Waals surface area contributed by atoms with Gasteiger partial charge in [-0.25, -0.2) is 22.6 Å². The first-order chi connectivity index (χ1) is 13.3. The summed E-state index contributed by atoms with van der Waals surface area (Å²) in [7, 11) is 0. The first kappa shape index (κ1) is 18.9. The van der Waals surface area contributed by atoms with Crippen molar-refractivity contribution in [2.24, 2.45) is 16.6 Å². The summed E-state index contributed by atoms with van der Waals surface area (Å²) in [6.07, 6.45) is -0.692. The Labute approximate surface area is 166 Å². The van der Waals surface area contributed by atoms with Gasteiger partial charge < -0.3 is 10.5 Å². The summed E-state index contributed by atoms with van der Waals surface area (Å²) in [5, 5.41) is 0. The van der Waals surface area contributed by atoms with Crippen molar-refractivity contribution in [2.45, 2.75) is 24.5 Å². The van der Waals surface area contributed by atoms with Gasteiger partial charge in [-0.05, 0) is 58.3 Å². The van der Waals surface area contributed by atoms with E-state index in [0.717, 1.165) is 12.1 Å². The molecule has 2 aromatic rings. The number of alkyl halides is 2. The summed E-state index contributed by atoms with van der Waals surface area (Å²) in [4.78, 5) is 7.74. The zero-order chi connectivity index (χ0) is 20.1. The molecule has 1 aliphatic carbocycles. The number of benzene rings is 1. The number of aliphatic imine (C=N–C) groups is 1. The number of hydrogen-bond acceptors (Lipinski definition) is 4. The average molecular weight is 456 g/mol. The second-order valence-corrected chi connectivity index (χ2v) is 7.58. The lowest BCUT2D eigenvalue weighted by molar-refractivity contribution is 0.0176. The number of amidine groups is 1. The van der Waals surface area contributed by atoms with Crippen LogP contribution in [0.5, 0.6) is 0 Å². The van der Waals surface area contributed by atoms with Gasteiger partial charge in [0.25, 0.3) is 12.4 Å². The second-order valence-electron chi connectivity index (χ2n) is 6.67. The largest absolute Gasteiger partial charge is 0.462 e. The molecule has 2 N–H and O–H groups in total. The Balaban J connectivity index is 1.78. The lowest BCUT2D eigenvalue weighted by atomic mass is 9.84. The minimum absolute atomic E-state index is 0.0632. The Hall–Kier alpha value is -2.42. The van der Waals surface area contributed by atoms with E-state index >= 15 is 0 Å². The molecule has 4 nitrogen and oxygen atoms in total. The third kappa shape index (κ3) is 3.17. The molecule has 2 heterocycles. The maximum Gasteiger partial charge on any atom is 0.283 e. The number of halogens is 5. The Morgan fingerprint density at radius 3 is 2.79 bits per heavy atom. The van der Waals surface area contributed by atoms with Gasteiger partial charge in [0, 0.05) is 22.2 Å². The quantitative estimate of drug-likeness (QED) is 0.682. The molecule has 1 fully saturated rings. The van der Waals surface area contributed by atoms with Crippen molar-refractivity contribution in [1.29, 1.82) is 0 Å². The van der Waals surface area contributed by atoms with E-state index < -0.39 is 41.7 Å². The molecule has 28 heavy (non-hydrogen) atoms. The van der Waals surface area contributed by atoms with Gasteiger partial charge in [0.1, 0.15) is 17.7 Å². The van der Waals surface area contributed by atoms with Crippen LogP contribution >= 0.6 is 15.9 Å². The van der Waals surface area contributed by atoms with Crippen molar-refractivity contribution < 1.29 is 22.3 Å². The highest BCUT2D eigenvalue weighted by atomic mass is 79.9. The minimum atomic E-state index is -3.00. The zero-order valence-corrected chi connectivity index (χ0v) is 15.8. The average Bonchev–Trinajstić information content (AvgIpc) is 3.42. The van der Waals surface area contributed by atoms with Crippen molar-refractivity contribution in [3.05, 3.63) is 63.6 Å². The molecule has 1 aromatic heterocycles. The number of pyridine rings is 1. The van der Waals surface area contributed by atoms with Gasteiger partial charge in [-0.1, -0.05) is 6.07 Å². The summed E-state index contributed by atoms with van der Waals surface area (Å²) < 4.78 is 63.1. The van der Waals surface area contributed by atoms with Gasteiger partial charge in [0.15, 0.2) is 5.54 Å². The van der Waals surface area contributed by atoms with Gasteiger partial charge in [-0.15, -0.1) is 0 Å². The molecule has 146 valence electrons.